The zero-order valence-corrected chi connectivity index (χ0v) is 16.8. The van der Waals surface area contributed by atoms with Crippen LogP contribution in [-0.4, -0.2) is 21.8 Å². The number of anilines is 1. The van der Waals surface area contributed by atoms with Gasteiger partial charge in [-0.2, -0.15) is 5.26 Å². The molecule has 1 unspecified atom stereocenters. The number of benzene rings is 2. The number of ether oxygens (including phenoxy) is 1. The van der Waals surface area contributed by atoms with E-state index in [2.05, 4.69) is 11.1 Å². The Kier molecular flexibility index (Phi) is 5.15. The number of aliphatic hydroxyl groups is 1. The van der Waals surface area contributed by atoms with Gasteiger partial charge in [-0.25, -0.2) is 4.39 Å². The van der Waals surface area contributed by atoms with Gasteiger partial charge in [0.1, 0.15) is 23.3 Å². The Hall–Kier alpha value is -3.43. The predicted molar refractivity (Wildman–Crippen MR) is 111 cm³/mol. The van der Waals surface area contributed by atoms with Crippen LogP contribution in [0.3, 0.4) is 0 Å². The molecular formula is C24H22FN3O2. The first-order chi connectivity index (χ1) is 14.4. The van der Waals surface area contributed by atoms with Crippen molar-refractivity contribution in [2.75, 3.05) is 4.90 Å². The molecule has 2 heterocycles. The highest BCUT2D eigenvalue weighted by Gasteiger charge is 2.45. The highest BCUT2D eigenvalue weighted by atomic mass is 19.1. The fraction of sp³-hybridized carbons (Fsp3) is 0.250. The van der Waals surface area contributed by atoms with E-state index in [4.69, 9.17) is 4.74 Å². The third-order valence-electron chi connectivity index (χ3n) is 5.39. The quantitative estimate of drug-likeness (QED) is 0.700. The molecular weight excluding hydrogens is 381 g/mol. The summed E-state index contributed by atoms with van der Waals surface area (Å²) in [6.45, 7) is 4.05. The van der Waals surface area contributed by atoms with Crippen LogP contribution in [0.2, 0.25) is 0 Å². The Bertz CT molecular complexity index is 1080. The average molecular weight is 403 g/mol. The average Bonchev–Trinajstić information content (AvgIpc) is 2.74. The maximum Gasteiger partial charge on any atom is 0.132 e. The number of aliphatic hydroxyl groups excluding tert-OH is 1. The summed E-state index contributed by atoms with van der Waals surface area (Å²) in [5, 5.41) is 20.7. The number of hydrogen-bond acceptors (Lipinski definition) is 5. The normalized spacial score (nSPS) is 19.3. The molecule has 2 atom stereocenters. The second-order valence-corrected chi connectivity index (χ2v) is 7.88. The monoisotopic (exact) mass is 403 g/mol. The van der Waals surface area contributed by atoms with Crippen LogP contribution in [0.15, 0.2) is 66.9 Å². The SMILES string of the molecule is CC1(C)Oc2ccc(C#N)cc2C(N(Cc2ccccn2)c2ccc(F)cc2)[C@H]1O. The molecule has 5 nitrogen and oxygen atoms in total. The number of pyridine rings is 1. The van der Waals surface area contributed by atoms with Crippen LogP contribution in [-0.2, 0) is 6.54 Å². The molecule has 0 saturated heterocycles. The lowest BCUT2D eigenvalue weighted by molar-refractivity contribution is -0.0590. The first kappa shape index (κ1) is 19.9. The molecule has 152 valence electrons. The Morgan fingerprint density at radius 3 is 2.60 bits per heavy atom. The highest BCUT2D eigenvalue weighted by molar-refractivity contribution is 5.55. The zero-order chi connectivity index (χ0) is 21.3. The lowest BCUT2D eigenvalue weighted by Gasteiger charge is -2.47. The van der Waals surface area contributed by atoms with Crippen molar-refractivity contribution in [3.05, 3.63) is 89.5 Å². The Balaban J connectivity index is 1.88. The minimum absolute atomic E-state index is 0.337. The van der Waals surface area contributed by atoms with Crippen LogP contribution in [0, 0.1) is 17.1 Å². The maximum absolute atomic E-state index is 13.6. The van der Waals surface area contributed by atoms with Gasteiger partial charge in [-0.05, 0) is 68.4 Å². The lowest BCUT2D eigenvalue weighted by atomic mass is 9.84. The molecule has 0 spiro atoms. The summed E-state index contributed by atoms with van der Waals surface area (Å²) >= 11 is 0. The molecule has 0 bridgehead atoms. The standard InChI is InChI=1S/C24H22FN3O2/c1-24(2)23(29)22(20-13-16(14-26)6-11-21(20)30-24)28(15-18-5-3-4-12-27-18)19-9-7-17(25)8-10-19/h3-13,22-23,29H,15H2,1-2H3/t22?,23-/m1/s1. The van der Waals surface area contributed by atoms with Crippen LogP contribution in [0.1, 0.15) is 36.7 Å². The van der Waals surface area contributed by atoms with E-state index in [-0.39, 0.29) is 5.82 Å². The molecule has 2 aromatic carbocycles. The van der Waals surface area contributed by atoms with Gasteiger partial charge in [0.15, 0.2) is 0 Å². The summed E-state index contributed by atoms with van der Waals surface area (Å²) < 4.78 is 19.7. The van der Waals surface area contributed by atoms with Gasteiger partial charge >= 0.3 is 0 Å². The summed E-state index contributed by atoms with van der Waals surface area (Å²) in [5.41, 5.74) is 1.86. The smallest absolute Gasteiger partial charge is 0.132 e. The van der Waals surface area contributed by atoms with Gasteiger partial charge in [0.05, 0.1) is 29.9 Å². The number of nitriles is 1. The molecule has 1 aliphatic heterocycles. The van der Waals surface area contributed by atoms with Gasteiger partial charge in [-0.15, -0.1) is 0 Å². The minimum Gasteiger partial charge on any atom is -0.485 e. The maximum atomic E-state index is 13.6. The molecule has 4 rings (SSSR count). The van der Waals surface area contributed by atoms with Gasteiger partial charge in [-0.3, -0.25) is 4.98 Å². The van der Waals surface area contributed by atoms with E-state index in [9.17, 15) is 14.8 Å². The number of hydrogen-bond donors (Lipinski definition) is 1. The summed E-state index contributed by atoms with van der Waals surface area (Å²) in [6.07, 6.45) is 0.803. The van der Waals surface area contributed by atoms with E-state index >= 15 is 0 Å². The molecule has 0 fully saturated rings. The second kappa shape index (κ2) is 7.77. The predicted octanol–water partition coefficient (Wildman–Crippen LogP) is 4.37. The van der Waals surface area contributed by atoms with Crippen LogP contribution >= 0.6 is 0 Å². The van der Waals surface area contributed by atoms with Crippen LogP contribution in [0.4, 0.5) is 10.1 Å². The number of aromatic nitrogens is 1. The van der Waals surface area contributed by atoms with Gasteiger partial charge in [-0.1, -0.05) is 6.07 Å². The van der Waals surface area contributed by atoms with Crippen molar-refractivity contribution in [1.29, 1.82) is 5.26 Å². The van der Waals surface area contributed by atoms with E-state index < -0.39 is 17.7 Å². The van der Waals surface area contributed by atoms with Crippen LogP contribution in [0.5, 0.6) is 5.75 Å². The van der Waals surface area contributed by atoms with Crippen molar-refractivity contribution in [2.24, 2.45) is 0 Å². The molecule has 3 aromatic rings. The molecule has 30 heavy (non-hydrogen) atoms. The largest absolute Gasteiger partial charge is 0.485 e. The number of nitrogens with zero attached hydrogens (tertiary/aromatic N) is 3. The fourth-order valence-corrected chi connectivity index (χ4v) is 3.82. The van der Waals surface area contributed by atoms with Crippen molar-refractivity contribution in [3.63, 3.8) is 0 Å². The van der Waals surface area contributed by atoms with Gasteiger partial charge in [0, 0.05) is 17.4 Å². The highest BCUT2D eigenvalue weighted by Crippen LogP contribution is 2.45. The molecule has 0 amide bonds. The topological polar surface area (TPSA) is 69.4 Å². The summed E-state index contributed by atoms with van der Waals surface area (Å²) in [4.78, 5) is 6.41. The third kappa shape index (κ3) is 3.72. The van der Waals surface area contributed by atoms with E-state index in [0.29, 0.717) is 23.4 Å². The van der Waals surface area contributed by atoms with E-state index in [1.807, 2.05) is 36.9 Å². The Morgan fingerprint density at radius 1 is 1.17 bits per heavy atom. The fourth-order valence-electron chi connectivity index (χ4n) is 3.82. The van der Waals surface area contributed by atoms with E-state index in [1.54, 1.807) is 36.5 Å². The number of rotatable bonds is 4. The van der Waals surface area contributed by atoms with Crippen molar-refractivity contribution < 1.29 is 14.2 Å². The first-order valence-electron chi connectivity index (χ1n) is 9.72. The molecule has 1 aliphatic rings. The molecule has 6 heteroatoms. The third-order valence-corrected chi connectivity index (χ3v) is 5.39. The second-order valence-electron chi connectivity index (χ2n) is 7.88. The Morgan fingerprint density at radius 2 is 1.93 bits per heavy atom. The van der Waals surface area contributed by atoms with Gasteiger partial charge in [0.25, 0.3) is 0 Å². The molecule has 0 saturated carbocycles. The lowest BCUT2D eigenvalue weighted by Crippen LogP contribution is -2.53. The molecule has 0 aliphatic carbocycles. The summed E-state index contributed by atoms with van der Waals surface area (Å²) in [6, 6.07) is 18.6. The van der Waals surface area contributed by atoms with Crippen molar-refractivity contribution in [1.82, 2.24) is 4.98 Å². The first-order valence-corrected chi connectivity index (χ1v) is 9.72. The molecule has 0 radical (unpaired) electrons. The van der Waals surface area contributed by atoms with Crippen molar-refractivity contribution in [3.8, 4) is 11.8 Å². The zero-order valence-electron chi connectivity index (χ0n) is 16.8. The number of halogens is 1. The molecule has 1 N–H and O–H groups in total. The minimum atomic E-state index is -0.910. The summed E-state index contributed by atoms with van der Waals surface area (Å²) in [5.74, 6) is 0.277. The Labute approximate surface area is 175 Å². The van der Waals surface area contributed by atoms with E-state index in [0.717, 1.165) is 11.4 Å². The van der Waals surface area contributed by atoms with Gasteiger partial charge in [0.2, 0.25) is 0 Å². The van der Waals surface area contributed by atoms with Crippen molar-refractivity contribution in [2.45, 2.75) is 38.1 Å². The van der Waals surface area contributed by atoms with Crippen LogP contribution in [0.25, 0.3) is 0 Å². The van der Waals surface area contributed by atoms with Gasteiger partial charge < -0.3 is 14.7 Å². The van der Waals surface area contributed by atoms with Crippen molar-refractivity contribution >= 4 is 5.69 Å². The summed E-state index contributed by atoms with van der Waals surface area (Å²) in [7, 11) is 0. The number of fused-ring (bicyclic) bond motifs is 1. The van der Waals surface area contributed by atoms with Crippen LogP contribution < -0.4 is 9.64 Å². The molecule has 1 aromatic heterocycles. The van der Waals surface area contributed by atoms with E-state index in [1.165, 1.54) is 12.1 Å².